The van der Waals surface area contributed by atoms with Crippen LogP contribution in [0.2, 0.25) is 0 Å². The molecule has 2 aromatic rings. The highest BCUT2D eigenvalue weighted by molar-refractivity contribution is 6.57. The van der Waals surface area contributed by atoms with Crippen LogP contribution >= 0.6 is 0 Å². The normalized spacial score (nSPS) is 11.5. The van der Waals surface area contributed by atoms with Crippen molar-refractivity contribution in [3.63, 3.8) is 0 Å². The van der Waals surface area contributed by atoms with Crippen molar-refractivity contribution in [2.45, 2.75) is 6.32 Å². The summed E-state index contributed by atoms with van der Waals surface area (Å²) in [5, 5.41) is 0. The molecule has 0 N–H and O–H groups in total. The van der Waals surface area contributed by atoms with Gasteiger partial charge in [-0.25, -0.2) is 0 Å². The summed E-state index contributed by atoms with van der Waals surface area (Å²) in [7, 11) is 0. The van der Waals surface area contributed by atoms with Gasteiger partial charge in [-0.15, -0.1) is 0 Å². The van der Waals surface area contributed by atoms with Gasteiger partial charge in [0.2, 0.25) is 0 Å². The highest BCUT2D eigenvalue weighted by Crippen LogP contribution is 2.23. The summed E-state index contributed by atoms with van der Waals surface area (Å²) >= 11 is 0. The van der Waals surface area contributed by atoms with Gasteiger partial charge in [0.1, 0.15) is 0 Å². The van der Waals surface area contributed by atoms with Crippen molar-refractivity contribution < 1.29 is 12.9 Å². The fourth-order valence-corrected chi connectivity index (χ4v) is 1.78. The molecule has 0 bridgehead atoms. The van der Waals surface area contributed by atoms with Gasteiger partial charge in [-0.05, 0) is 11.1 Å². The van der Waals surface area contributed by atoms with Gasteiger partial charge in [0.25, 0.3) is 0 Å². The number of hydrogen-bond acceptors (Lipinski definition) is 0. The van der Waals surface area contributed by atoms with E-state index in [0.717, 1.165) is 11.1 Å². The monoisotopic (exact) mass is 235 g/mol. The second-order valence-corrected chi connectivity index (χ2v) is 3.98. The van der Waals surface area contributed by atoms with Gasteiger partial charge in [0.05, 0.1) is 0 Å². The SMILES string of the molecule is F[B-](F)(F)Cc1cccc(-c2ccccc2)c1. The van der Waals surface area contributed by atoms with E-state index in [1.165, 1.54) is 6.07 Å². The molecule has 0 saturated carbocycles. The molecular formula is C13H11BF3-. The van der Waals surface area contributed by atoms with Crippen molar-refractivity contribution in [2.24, 2.45) is 0 Å². The molecule has 17 heavy (non-hydrogen) atoms. The van der Waals surface area contributed by atoms with Gasteiger partial charge in [-0.3, -0.25) is 0 Å². The van der Waals surface area contributed by atoms with Crippen molar-refractivity contribution in [1.82, 2.24) is 0 Å². The van der Waals surface area contributed by atoms with E-state index in [-0.39, 0.29) is 0 Å². The van der Waals surface area contributed by atoms with Crippen molar-refractivity contribution in [3.05, 3.63) is 60.2 Å². The number of halogens is 3. The first kappa shape index (κ1) is 11.8. The maximum absolute atomic E-state index is 12.3. The van der Waals surface area contributed by atoms with Crippen LogP contribution in [0.1, 0.15) is 5.56 Å². The summed E-state index contributed by atoms with van der Waals surface area (Å²) in [4.78, 5) is 0. The Morgan fingerprint density at radius 3 is 2.06 bits per heavy atom. The molecule has 2 aromatic carbocycles. The Bertz CT molecular complexity index is 492. The van der Waals surface area contributed by atoms with Crippen LogP contribution in [0.3, 0.4) is 0 Å². The molecule has 0 heterocycles. The Morgan fingerprint density at radius 2 is 1.41 bits per heavy atom. The number of benzene rings is 2. The molecular weight excluding hydrogens is 224 g/mol. The average Bonchev–Trinajstić information content (AvgIpc) is 2.28. The third-order valence-corrected chi connectivity index (χ3v) is 2.50. The molecule has 0 saturated heterocycles. The summed E-state index contributed by atoms with van der Waals surface area (Å²) in [6, 6.07) is 16.0. The van der Waals surface area contributed by atoms with E-state index in [1.807, 2.05) is 36.4 Å². The van der Waals surface area contributed by atoms with Gasteiger partial charge in [0, 0.05) is 0 Å². The Labute approximate surface area is 98.2 Å². The fourth-order valence-electron chi connectivity index (χ4n) is 1.78. The first-order valence-corrected chi connectivity index (χ1v) is 5.40. The molecule has 0 amide bonds. The molecule has 0 spiro atoms. The molecule has 0 radical (unpaired) electrons. The second-order valence-electron chi connectivity index (χ2n) is 3.98. The van der Waals surface area contributed by atoms with Crippen LogP contribution < -0.4 is 0 Å². The zero-order valence-corrected chi connectivity index (χ0v) is 9.11. The van der Waals surface area contributed by atoms with Gasteiger partial charge < -0.3 is 12.9 Å². The van der Waals surface area contributed by atoms with Crippen molar-refractivity contribution >= 4 is 6.98 Å². The number of rotatable bonds is 3. The van der Waals surface area contributed by atoms with E-state index in [0.29, 0.717) is 5.56 Å². The minimum absolute atomic E-state index is 0.318. The third kappa shape index (κ3) is 3.38. The number of hydrogen-bond donors (Lipinski definition) is 0. The van der Waals surface area contributed by atoms with Crippen molar-refractivity contribution in [3.8, 4) is 11.1 Å². The van der Waals surface area contributed by atoms with Crippen LogP contribution in [0.5, 0.6) is 0 Å². The molecule has 0 unspecified atom stereocenters. The highest BCUT2D eigenvalue weighted by atomic mass is 19.4. The molecule has 0 aliphatic heterocycles. The quantitative estimate of drug-likeness (QED) is 0.696. The van der Waals surface area contributed by atoms with Crippen LogP contribution in [0.25, 0.3) is 11.1 Å². The average molecular weight is 235 g/mol. The topological polar surface area (TPSA) is 0 Å². The van der Waals surface area contributed by atoms with Crippen LogP contribution in [0.15, 0.2) is 54.6 Å². The Balaban J connectivity index is 2.29. The molecule has 0 aliphatic rings. The molecule has 0 nitrogen and oxygen atoms in total. The minimum Gasteiger partial charge on any atom is -0.449 e. The summed E-state index contributed by atoms with van der Waals surface area (Å²) in [5.74, 6) is 0. The largest absolute Gasteiger partial charge is 0.482 e. The van der Waals surface area contributed by atoms with E-state index in [4.69, 9.17) is 0 Å². The minimum atomic E-state index is -4.77. The van der Waals surface area contributed by atoms with Gasteiger partial charge in [-0.1, -0.05) is 66.5 Å². The van der Waals surface area contributed by atoms with E-state index < -0.39 is 13.3 Å². The standard InChI is InChI=1S/C13H11BF3/c15-14(16,17)10-11-5-4-8-13(9-11)12-6-2-1-3-7-12/h1-9H,10H2/q-1. The van der Waals surface area contributed by atoms with E-state index in [1.54, 1.807) is 12.1 Å². The van der Waals surface area contributed by atoms with Crippen LogP contribution in [-0.4, -0.2) is 6.98 Å². The lowest BCUT2D eigenvalue weighted by Crippen LogP contribution is -2.19. The molecule has 4 heteroatoms. The molecule has 0 atom stereocenters. The lowest BCUT2D eigenvalue weighted by Gasteiger charge is -2.14. The fraction of sp³-hybridized carbons (Fsp3) is 0.0769. The van der Waals surface area contributed by atoms with Gasteiger partial charge >= 0.3 is 6.98 Å². The Morgan fingerprint density at radius 1 is 0.765 bits per heavy atom. The first-order valence-electron chi connectivity index (χ1n) is 5.40. The summed E-state index contributed by atoms with van der Waals surface area (Å²) in [6.45, 7) is -4.77. The first-order chi connectivity index (χ1) is 8.04. The van der Waals surface area contributed by atoms with Crippen LogP contribution in [-0.2, 0) is 6.32 Å². The third-order valence-electron chi connectivity index (χ3n) is 2.50. The van der Waals surface area contributed by atoms with Crippen LogP contribution in [0.4, 0.5) is 12.9 Å². The lowest BCUT2D eigenvalue weighted by atomic mass is 9.81. The molecule has 88 valence electrons. The predicted octanol–water partition coefficient (Wildman–Crippen LogP) is 4.28. The molecule has 0 aliphatic carbocycles. The Hall–Kier alpha value is -1.71. The molecule has 0 aromatic heterocycles. The second kappa shape index (κ2) is 4.66. The summed E-state index contributed by atoms with van der Waals surface area (Å²) in [5.41, 5.74) is 2.08. The zero-order chi connectivity index (χ0) is 12.3. The van der Waals surface area contributed by atoms with Crippen molar-refractivity contribution in [1.29, 1.82) is 0 Å². The van der Waals surface area contributed by atoms with E-state index in [9.17, 15) is 12.9 Å². The predicted molar refractivity (Wildman–Crippen MR) is 64.7 cm³/mol. The van der Waals surface area contributed by atoms with Gasteiger partial charge in [0.15, 0.2) is 0 Å². The smallest absolute Gasteiger partial charge is 0.449 e. The van der Waals surface area contributed by atoms with Crippen LogP contribution in [0, 0.1) is 0 Å². The molecule has 0 fully saturated rings. The summed E-state index contributed by atoms with van der Waals surface area (Å²) < 4.78 is 37.0. The van der Waals surface area contributed by atoms with Gasteiger partial charge in [-0.2, -0.15) is 0 Å². The van der Waals surface area contributed by atoms with Crippen molar-refractivity contribution in [2.75, 3.05) is 0 Å². The Kier molecular flexibility index (Phi) is 3.22. The van der Waals surface area contributed by atoms with E-state index in [2.05, 4.69) is 0 Å². The lowest BCUT2D eigenvalue weighted by molar-refractivity contribution is 0.468. The zero-order valence-electron chi connectivity index (χ0n) is 9.11. The molecule has 2 rings (SSSR count). The maximum Gasteiger partial charge on any atom is 0.482 e. The highest BCUT2D eigenvalue weighted by Gasteiger charge is 2.23. The van der Waals surface area contributed by atoms with E-state index >= 15 is 0 Å². The maximum atomic E-state index is 12.3. The summed E-state index contributed by atoms with van der Waals surface area (Å²) in [6.07, 6.45) is -0.819.